The summed E-state index contributed by atoms with van der Waals surface area (Å²) in [6.07, 6.45) is 7.56. The number of allylic oxidation sites excluding steroid dienone is 4. The van der Waals surface area contributed by atoms with Gasteiger partial charge in [-0.15, -0.1) is 0 Å². The molecule has 0 aromatic carbocycles. The van der Waals surface area contributed by atoms with E-state index in [4.69, 9.17) is 4.74 Å². The van der Waals surface area contributed by atoms with Gasteiger partial charge in [0.15, 0.2) is 11.4 Å². The molecule has 0 bridgehead atoms. The van der Waals surface area contributed by atoms with Gasteiger partial charge in [-0.25, -0.2) is 0 Å². The second kappa shape index (κ2) is 7.38. The molecule has 4 aliphatic carbocycles. The number of ether oxygens (including phenoxy) is 1. The highest BCUT2D eigenvalue weighted by Crippen LogP contribution is 2.67. The first-order valence-corrected chi connectivity index (χ1v) is 11.5. The van der Waals surface area contributed by atoms with Crippen LogP contribution in [-0.4, -0.2) is 46.1 Å². The van der Waals surface area contributed by atoms with Crippen molar-refractivity contribution in [3.63, 3.8) is 0 Å². The van der Waals surface area contributed by atoms with Gasteiger partial charge in [-0.05, 0) is 56.1 Å². The summed E-state index contributed by atoms with van der Waals surface area (Å²) in [5, 5.41) is 21.2. The summed E-state index contributed by atoms with van der Waals surface area (Å²) in [6.45, 7) is 6.83. The predicted octanol–water partition coefficient (Wildman–Crippen LogP) is 2.76. The molecule has 6 nitrogen and oxygen atoms in total. The zero-order valence-corrected chi connectivity index (χ0v) is 18.9. The third-order valence-corrected chi connectivity index (χ3v) is 8.96. The van der Waals surface area contributed by atoms with Crippen LogP contribution < -0.4 is 0 Å². The molecule has 0 saturated heterocycles. The number of aliphatic hydroxyl groups excluding tert-OH is 2. The van der Waals surface area contributed by atoms with Gasteiger partial charge in [-0.2, -0.15) is 0 Å². The number of rotatable bonds is 4. The van der Waals surface area contributed by atoms with Crippen LogP contribution in [0, 0.1) is 34.5 Å². The molecule has 3 fully saturated rings. The van der Waals surface area contributed by atoms with Crippen LogP contribution in [0.2, 0.25) is 0 Å². The Morgan fingerprint density at radius 3 is 2.61 bits per heavy atom. The Kier molecular flexibility index (Phi) is 5.33. The summed E-state index contributed by atoms with van der Waals surface area (Å²) in [4.78, 5) is 37.6. The van der Waals surface area contributed by atoms with Crippen LogP contribution in [0.5, 0.6) is 0 Å². The van der Waals surface area contributed by atoms with Crippen LogP contribution in [0.15, 0.2) is 23.8 Å². The molecule has 170 valence electrons. The molecule has 7 atom stereocenters. The Bertz CT molecular complexity index is 871. The molecule has 0 unspecified atom stereocenters. The smallest absolute Gasteiger partial charge is 0.309 e. The average molecular weight is 431 g/mol. The van der Waals surface area contributed by atoms with Gasteiger partial charge in [-0.1, -0.05) is 39.3 Å². The number of fused-ring (bicyclic) bond motifs is 5. The minimum Gasteiger partial charge on any atom is -0.450 e. The van der Waals surface area contributed by atoms with Gasteiger partial charge in [0.05, 0.1) is 12.0 Å². The molecule has 2 N–H and O–H groups in total. The molecule has 6 heteroatoms. The Morgan fingerprint density at radius 1 is 1.26 bits per heavy atom. The Balaban J connectivity index is 1.75. The number of Topliss-reactive ketones (excluding diaryl/α,β-unsaturated/α-hetero) is 1. The molecule has 31 heavy (non-hydrogen) atoms. The molecule has 0 aliphatic heterocycles. The van der Waals surface area contributed by atoms with Crippen molar-refractivity contribution in [3.05, 3.63) is 23.8 Å². The first kappa shape index (κ1) is 22.4. The van der Waals surface area contributed by atoms with Crippen LogP contribution in [-0.2, 0) is 19.1 Å². The SMILES string of the molecule is CC(C)C(=O)O[C@@]1(C(=O)CO)CC[C@H]2[C@@H]3CCC4=CC(=O)C=C[C@]4(C)[C@H]3[C@@H](O)C[C@@]21C. The number of carbonyl (C=O) groups is 3. The van der Waals surface area contributed by atoms with Crippen molar-refractivity contribution in [3.8, 4) is 0 Å². The van der Waals surface area contributed by atoms with Gasteiger partial charge in [-0.3, -0.25) is 14.4 Å². The highest BCUT2D eigenvalue weighted by molar-refractivity contribution is 6.01. The van der Waals surface area contributed by atoms with Crippen molar-refractivity contribution in [1.29, 1.82) is 0 Å². The molecular weight excluding hydrogens is 396 g/mol. The van der Waals surface area contributed by atoms with E-state index in [9.17, 15) is 24.6 Å². The molecule has 0 spiro atoms. The van der Waals surface area contributed by atoms with E-state index in [1.807, 2.05) is 13.0 Å². The van der Waals surface area contributed by atoms with Crippen molar-refractivity contribution in [2.75, 3.05) is 6.61 Å². The van der Waals surface area contributed by atoms with Crippen LogP contribution in [0.3, 0.4) is 0 Å². The summed E-state index contributed by atoms with van der Waals surface area (Å²) in [5.41, 5.74) is -1.47. The number of ketones is 2. The van der Waals surface area contributed by atoms with Crippen molar-refractivity contribution >= 4 is 17.5 Å². The van der Waals surface area contributed by atoms with Gasteiger partial charge in [0, 0.05) is 16.7 Å². The monoisotopic (exact) mass is 430 g/mol. The van der Waals surface area contributed by atoms with Crippen LogP contribution in [0.25, 0.3) is 0 Å². The van der Waals surface area contributed by atoms with Crippen LogP contribution >= 0.6 is 0 Å². The Hall–Kier alpha value is -1.79. The second-order valence-electron chi connectivity index (χ2n) is 10.7. The van der Waals surface area contributed by atoms with E-state index in [-0.39, 0.29) is 23.5 Å². The van der Waals surface area contributed by atoms with E-state index in [1.54, 1.807) is 26.0 Å². The summed E-state index contributed by atoms with van der Waals surface area (Å²) in [7, 11) is 0. The van der Waals surface area contributed by atoms with E-state index in [0.29, 0.717) is 19.3 Å². The number of hydrogen-bond acceptors (Lipinski definition) is 6. The molecule has 4 rings (SSSR count). The molecule has 0 heterocycles. The minimum absolute atomic E-state index is 0.00455. The number of esters is 1. The lowest BCUT2D eigenvalue weighted by Crippen LogP contribution is -2.63. The van der Waals surface area contributed by atoms with Gasteiger partial charge in [0.2, 0.25) is 5.78 Å². The first-order valence-electron chi connectivity index (χ1n) is 11.5. The Labute approximate surface area is 183 Å². The molecule has 0 aromatic rings. The van der Waals surface area contributed by atoms with Crippen LogP contribution in [0.1, 0.15) is 59.8 Å². The maximum Gasteiger partial charge on any atom is 0.309 e. The highest BCUT2D eigenvalue weighted by Gasteiger charge is 2.70. The average Bonchev–Trinajstić information content (AvgIpc) is 3.00. The van der Waals surface area contributed by atoms with Crippen LogP contribution in [0.4, 0.5) is 0 Å². The maximum absolute atomic E-state index is 13.1. The third-order valence-electron chi connectivity index (χ3n) is 8.96. The second-order valence-corrected chi connectivity index (χ2v) is 10.7. The van der Waals surface area contributed by atoms with E-state index < -0.39 is 46.8 Å². The molecule has 3 saturated carbocycles. The number of aliphatic hydroxyl groups is 2. The van der Waals surface area contributed by atoms with E-state index >= 15 is 0 Å². The predicted molar refractivity (Wildman–Crippen MR) is 114 cm³/mol. The summed E-state index contributed by atoms with van der Waals surface area (Å²) in [5.74, 6) is -1.15. The quantitative estimate of drug-likeness (QED) is 0.665. The van der Waals surface area contributed by atoms with E-state index in [2.05, 4.69) is 6.92 Å². The highest BCUT2D eigenvalue weighted by atomic mass is 16.6. The fourth-order valence-corrected chi connectivity index (χ4v) is 7.41. The molecule has 0 aromatic heterocycles. The van der Waals surface area contributed by atoms with Crippen molar-refractivity contribution in [2.24, 2.45) is 34.5 Å². The third kappa shape index (κ3) is 3.01. The summed E-state index contributed by atoms with van der Waals surface area (Å²) in [6, 6.07) is 0. The molecule has 0 radical (unpaired) electrons. The largest absolute Gasteiger partial charge is 0.450 e. The molecular formula is C25H34O6. The van der Waals surface area contributed by atoms with Gasteiger partial charge in [0.25, 0.3) is 0 Å². The van der Waals surface area contributed by atoms with Crippen molar-refractivity contribution < 1.29 is 29.3 Å². The van der Waals surface area contributed by atoms with Crippen molar-refractivity contribution in [1.82, 2.24) is 0 Å². The number of hydrogen-bond donors (Lipinski definition) is 2. The Morgan fingerprint density at radius 2 is 1.97 bits per heavy atom. The summed E-state index contributed by atoms with van der Waals surface area (Å²) < 4.78 is 5.93. The lowest BCUT2D eigenvalue weighted by Gasteiger charge is -2.59. The standard InChI is InChI=1S/C25H34O6/c1-14(2)22(30)31-25(20(29)13-26)10-8-18-17-6-5-15-11-16(27)7-9-23(15,3)21(17)19(28)12-24(18,25)4/h7,9,11,14,17-19,21,26,28H,5-6,8,10,12-13H2,1-4H3/t17-,18-,19-,21+,23-,24-,25+/m0/s1. The van der Waals surface area contributed by atoms with Crippen molar-refractivity contribution in [2.45, 2.75) is 71.5 Å². The van der Waals surface area contributed by atoms with E-state index in [0.717, 1.165) is 18.4 Å². The fraction of sp³-hybridized carbons (Fsp3) is 0.720. The minimum atomic E-state index is -1.41. The maximum atomic E-state index is 13.1. The van der Waals surface area contributed by atoms with Gasteiger partial charge >= 0.3 is 5.97 Å². The zero-order chi connectivity index (χ0) is 22.8. The molecule has 0 amide bonds. The lowest BCUT2D eigenvalue weighted by molar-refractivity contribution is -0.202. The number of carbonyl (C=O) groups excluding carboxylic acids is 3. The van der Waals surface area contributed by atoms with E-state index in [1.165, 1.54) is 0 Å². The summed E-state index contributed by atoms with van der Waals surface area (Å²) >= 11 is 0. The fourth-order valence-electron chi connectivity index (χ4n) is 7.41. The first-order chi connectivity index (χ1) is 14.5. The molecule has 4 aliphatic rings. The lowest BCUT2D eigenvalue weighted by atomic mass is 9.46. The van der Waals surface area contributed by atoms with Gasteiger partial charge in [0.1, 0.15) is 6.61 Å². The van der Waals surface area contributed by atoms with Gasteiger partial charge < -0.3 is 14.9 Å². The normalized spacial score (nSPS) is 43.7. The zero-order valence-electron chi connectivity index (χ0n) is 18.9. The topological polar surface area (TPSA) is 101 Å².